The van der Waals surface area contributed by atoms with Crippen LogP contribution in [0.1, 0.15) is 19.3 Å². The third-order valence-corrected chi connectivity index (χ3v) is 2.86. The maximum Gasteiger partial charge on any atom is 0.0119 e. The third kappa shape index (κ3) is 2.44. The lowest BCUT2D eigenvalue weighted by atomic mass is 9.87. The lowest BCUT2D eigenvalue weighted by molar-refractivity contribution is 0.187. The zero-order valence-electron chi connectivity index (χ0n) is 8.38. The normalized spacial score (nSPS) is 37.2. The van der Waals surface area contributed by atoms with Crippen molar-refractivity contribution in [3.63, 3.8) is 0 Å². The van der Waals surface area contributed by atoms with Crippen LogP contribution in [0.5, 0.6) is 0 Å². The van der Waals surface area contributed by atoms with E-state index in [9.17, 15) is 0 Å². The van der Waals surface area contributed by atoms with Crippen molar-refractivity contribution in [1.29, 1.82) is 0 Å². The van der Waals surface area contributed by atoms with Gasteiger partial charge in [-0.05, 0) is 40.4 Å². The van der Waals surface area contributed by atoms with Crippen LogP contribution in [0.3, 0.4) is 0 Å². The predicted octanol–water partition coefficient (Wildman–Crippen LogP) is 0.0158. The van der Waals surface area contributed by atoms with Gasteiger partial charge >= 0.3 is 0 Å². The quantitative estimate of drug-likeness (QED) is 0.615. The highest BCUT2D eigenvalue weighted by Gasteiger charge is 2.26. The van der Waals surface area contributed by atoms with Gasteiger partial charge in [0.1, 0.15) is 0 Å². The summed E-state index contributed by atoms with van der Waals surface area (Å²) in [6.07, 6.45) is 3.50. The predicted molar refractivity (Wildman–Crippen MR) is 52.1 cm³/mol. The minimum Gasteiger partial charge on any atom is -0.328 e. The SMILES string of the molecule is CN[C@H]1C[C@@H](N)C[C@@H](N(C)C)C1. The molecule has 0 aliphatic heterocycles. The van der Waals surface area contributed by atoms with Crippen molar-refractivity contribution in [3.8, 4) is 0 Å². The highest BCUT2D eigenvalue weighted by atomic mass is 15.1. The van der Waals surface area contributed by atoms with Crippen molar-refractivity contribution >= 4 is 0 Å². The molecule has 0 spiro atoms. The number of nitrogens with two attached hydrogens (primary N) is 1. The van der Waals surface area contributed by atoms with E-state index in [1.807, 2.05) is 7.05 Å². The standard InChI is InChI=1S/C9H21N3/c1-11-8-4-7(10)5-9(6-8)12(2)3/h7-9,11H,4-6,10H2,1-3H3/t7-,8+,9-/m1/s1. The molecule has 0 heterocycles. The summed E-state index contributed by atoms with van der Waals surface area (Å²) in [5.41, 5.74) is 5.96. The second-order valence-electron chi connectivity index (χ2n) is 4.07. The highest BCUT2D eigenvalue weighted by Crippen LogP contribution is 2.20. The van der Waals surface area contributed by atoms with Crippen LogP contribution in [0.4, 0.5) is 0 Å². The Hall–Kier alpha value is -0.120. The minimum atomic E-state index is 0.378. The Bertz CT molecular complexity index is 136. The van der Waals surface area contributed by atoms with Crippen LogP contribution in [0.15, 0.2) is 0 Å². The molecule has 1 fully saturated rings. The summed E-state index contributed by atoms with van der Waals surface area (Å²) in [7, 11) is 6.29. The van der Waals surface area contributed by atoms with E-state index in [1.165, 1.54) is 6.42 Å². The highest BCUT2D eigenvalue weighted by molar-refractivity contribution is 4.87. The first kappa shape index (κ1) is 9.96. The van der Waals surface area contributed by atoms with E-state index in [1.54, 1.807) is 0 Å². The summed E-state index contributed by atoms with van der Waals surface area (Å²) in [6, 6.07) is 1.65. The molecule has 0 aromatic carbocycles. The first-order chi connectivity index (χ1) is 5.63. The lowest BCUT2D eigenvalue weighted by Crippen LogP contribution is -2.47. The largest absolute Gasteiger partial charge is 0.328 e. The maximum absolute atomic E-state index is 5.96. The summed E-state index contributed by atoms with van der Waals surface area (Å²) in [5, 5.41) is 3.31. The Morgan fingerprint density at radius 3 is 2.42 bits per heavy atom. The summed E-state index contributed by atoms with van der Waals surface area (Å²) in [6.45, 7) is 0. The van der Waals surface area contributed by atoms with Gasteiger partial charge in [0, 0.05) is 18.1 Å². The van der Waals surface area contributed by atoms with E-state index in [4.69, 9.17) is 5.73 Å². The molecular weight excluding hydrogens is 150 g/mol. The van der Waals surface area contributed by atoms with E-state index in [0.29, 0.717) is 18.1 Å². The molecule has 0 amide bonds. The van der Waals surface area contributed by atoms with Crippen molar-refractivity contribution in [3.05, 3.63) is 0 Å². The van der Waals surface area contributed by atoms with E-state index < -0.39 is 0 Å². The molecule has 1 aliphatic rings. The van der Waals surface area contributed by atoms with Gasteiger partial charge in [-0.15, -0.1) is 0 Å². The zero-order valence-corrected chi connectivity index (χ0v) is 8.38. The van der Waals surface area contributed by atoms with Crippen LogP contribution in [0.2, 0.25) is 0 Å². The van der Waals surface area contributed by atoms with Crippen LogP contribution in [0, 0.1) is 0 Å². The summed E-state index contributed by atoms with van der Waals surface area (Å²) in [5.74, 6) is 0. The van der Waals surface area contributed by atoms with Crippen LogP contribution in [0.25, 0.3) is 0 Å². The molecule has 1 saturated carbocycles. The molecule has 0 saturated heterocycles. The van der Waals surface area contributed by atoms with Crippen LogP contribution in [-0.2, 0) is 0 Å². The molecule has 1 rings (SSSR count). The molecule has 0 bridgehead atoms. The smallest absolute Gasteiger partial charge is 0.0119 e. The van der Waals surface area contributed by atoms with Gasteiger partial charge in [0.25, 0.3) is 0 Å². The van der Waals surface area contributed by atoms with Crippen molar-refractivity contribution < 1.29 is 0 Å². The minimum absolute atomic E-state index is 0.378. The van der Waals surface area contributed by atoms with Gasteiger partial charge in [-0.2, -0.15) is 0 Å². The zero-order chi connectivity index (χ0) is 9.14. The summed E-state index contributed by atoms with van der Waals surface area (Å²) in [4.78, 5) is 2.28. The number of hydrogen-bond acceptors (Lipinski definition) is 3. The van der Waals surface area contributed by atoms with E-state index in [2.05, 4.69) is 24.3 Å². The van der Waals surface area contributed by atoms with Gasteiger partial charge in [-0.3, -0.25) is 0 Å². The van der Waals surface area contributed by atoms with Crippen LogP contribution < -0.4 is 11.1 Å². The third-order valence-electron chi connectivity index (χ3n) is 2.86. The maximum atomic E-state index is 5.96. The number of nitrogens with zero attached hydrogens (tertiary/aromatic N) is 1. The molecular formula is C9H21N3. The molecule has 1 aliphatic carbocycles. The molecule has 3 N–H and O–H groups in total. The van der Waals surface area contributed by atoms with Crippen molar-refractivity contribution in [1.82, 2.24) is 10.2 Å². The Balaban J connectivity index is 2.45. The molecule has 3 heteroatoms. The molecule has 0 aromatic rings. The second-order valence-corrected chi connectivity index (χ2v) is 4.07. The van der Waals surface area contributed by atoms with Crippen molar-refractivity contribution in [2.45, 2.75) is 37.4 Å². The average Bonchev–Trinajstić information content (AvgIpc) is 2.03. The van der Waals surface area contributed by atoms with Gasteiger partial charge in [0.2, 0.25) is 0 Å². The molecule has 72 valence electrons. The van der Waals surface area contributed by atoms with Gasteiger partial charge in [-0.1, -0.05) is 0 Å². The Labute approximate surface area is 75.3 Å². The first-order valence-corrected chi connectivity index (χ1v) is 4.72. The molecule has 12 heavy (non-hydrogen) atoms. The Morgan fingerprint density at radius 2 is 1.92 bits per heavy atom. The molecule has 3 atom stereocenters. The number of rotatable bonds is 2. The van der Waals surface area contributed by atoms with Crippen LogP contribution >= 0.6 is 0 Å². The fourth-order valence-electron chi connectivity index (χ4n) is 1.99. The van der Waals surface area contributed by atoms with Gasteiger partial charge in [-0.25, -0.2) is 0 Å². The molecule has 0 aromatic heterocycles. The monoisotopic (exact) mass is 171 g/mol. The van der Waals surface area contributed by atoms with E-state index >= 15 is 0 Å². The van der Waals surface area contributed by atoms with E-state index in [0.717, 1.165) is 12.8 Å². The Morgan fingerprint density at radius 1 is 1.25 bits per heavy atom. The topological polar surface area (TPSA) is 41.3 Å². The molecule has 0 radical (unpaired) electrons. The van der Waals surface area contributed by atoms with E-state index in [-0.39, 0.29) is 0 Å². The van der Waals surface area contributed by atoms with Crippen molar-refractivity contribution in [2.75, 3.05) is 21.1 Å². The lowest BCUT2D eigenvalue weighted by Gasteiger charge is -2.36. The molecule has 3 nitrogen and oxygen atoms in total. The number of hydrogen-bond donors (Lipinski definition) is 2. The Kier molecular flexibility index (Phi) is 3.50. The van der Waals surface area contributed by atoms with Crippen LogP contribution in [-0.4, -0.2) is 44.2 Å². The summed E-state index contributed by atoms with van der Waals surface area (Å²) < 4.78 is 0. The van der Waals surface area contributed by atoms with Gasteiger partial charge in [0.05, 0.1) is 0 Å². The molecule has 0 unspecified atom stereocenters. The van der Waals surface area contributed by atoms with Crippen molar-refractivity contribution in [2.24, 2.45) is 5.73 Å². The van der Waals surface area contributed by atoms with Gasteiger partial charge < -0.3 is 16.0 Å². The fraction of sp³-hybridized carbons (Fsp3) is 1.00. The summed E-state index contributed by atoms with van der Waals surface area (Å²) >= 11 is 0. The first-order valence-electron chi connectivity index (χ1n) is 4.72. The fourth-order valence-corrected chi connectivity index (χ4v) is 1.99. The average molecular weight is 171 g/mol. The second kappa shape index (κ2) is 4.21. The van der Waals surface area contributed by atoms with Gasteiger partial charge in [0.15, 0.2) is 0 Å². The number of nitrogens with one attached hydrogen (secondary N) is 1.